The van der Waals surface area contributed by atoms with E-state index < -0.39 is 27.9 Å². The number of carbonyl (C=O) groups is 1. The number of rotatable bonds is 5. The number of amides is 1. The lowest BCUT2D eigenvalue weighted by molar-refractivity contribution is -0.137. The molecule has 1 aliphatic rings. The fraction of sp³-hybridized carbons (Fsp3) is 0.333. The zero-order chi connectivity index (χ0) is 21.2. The van der Waals surface area contributed by atoms with E-state index in [0.717, 1.165) is 18.3 Å². The van der Waals surface area contributed by atoms with Crippen molar-refractivity contribution in [3.8, 4) is 5.88 Å². The van der Waals surface area contributed by atoms with Gasteiger partial charge in [0.15, 0.2) is 0 Å². The van der Waals surface area contributed by atoms with E-state index in [-0.39, 0.29) is 29.8 Å². The summed E-state index contributed by atoms with van der Waals surface area (Å²) in [4.78, 5) is 14.9. The maximum absolute atomic E-state index is 12.8. The van der Waals surface area contributed by atoms with Gasteiger partial charge in [0, 0.05) is 31.4 Å². The molecule has 1 aromatic heterocycles. The summed E-state index contributed by atoms with van der Waals surface area (Å²) in [6.45, 7) is 1.50. The van der Waals surface area contributed by atoms with Crippen LogP contribution in [0.1, 0.15) is 18.9 Å². The van der Waals surface area contributed by atoms with Crippen LogP contribution in [-0.4, -0.2) is 42.8 Å². The number of anilines is 1. The molecule has 1 saturated heterocycles. The van der Waals surface area contributed by atoms with Gasteiger partial charge in [-0.1, -0.05) is 0 Å². The molecule has 11 heteroatoms. The van der Waals surface area contributed by atoms with Gasteiger partial charge in [0.05, 0.1) is 17.0 Å². The molecule has 3 rings (SSSR count). The average Bonchev–Trinajstić information content (AvgIpc) is 3.10. The van der Waals surface area contributed by atoms with Gasteiger partial charge in [-0.3, -0.25) is 4.79 Å². The maximum Gasteiger partial charge on any atom is 0.416 e. The van der Waals surface area contributed by atoms with Crippen LogP contribution in [-0.2, 0) is 21.0 Å². The number of hydrogen-bond acceptors (Lipinski definition) is 5. The fourth-order valence-electron chi connectivity index (χ4n) is 2.90. The number of sulfonamides is 1. The molecule has 29 heavy (non-hydrogen) atoms. The first-order chi connectivity index (χ1) is 13.6. The van der Waals surface area contributed by atoms with Crippen molar-refractivity contribution in [3.63, 3.8) is 0 Å². The molecule has 0 saturated carbocycles. The monoisotopic (exact) mass is 429 g/mol. The van der Waals surface area contributed by atoms with Crippen molar-refractivity contribution in [1.29, 1.82) is 0 Å². The molecular formula is C18H18F3N3O4S. The summed E-state index contributed by atoms with van der Waals surface area (Å²) in [6, 6.07) is 7.34. The zero-order valence-corrected chi connectivity index (χ0v) is 16.1. The Labute approximate surface area is 165 Å². The zero-order valence-electron chi connectivity index (χ0n) is 15.3. The molecular weight excluding hydrogens is 411 g/mol. The topological polar surface area (TPSA) is 88.6 Å². The first kappa shape index (κ1) is 21.1. The molecule has 1 aliphatic heterocycles. The fourth-order valence-corrected chi connectivity index (χ4v) is 4.38. The van der Waals surface area contributed by atoms with E-state index in [2.05, 4.69) is 10.3 Å². The molecule has 0 bridgehead atoms. The number of alkyl halides is 3. The number of carbonyl (C=O) groups excluding carboxylic acids is 1. The van der Waals surface area contributed by atoms with Crippen LogP contribution in [0.15, 0.2) is 47.5 Å². The van der Waals surface area contributed by atoms with Gasteiger partial charge in [-0.2, -0.15) is 17.5 Å². The first-order valence-corrected chi connectivity index (χ1v) is 10.1. The molecule has 2 heterocycles. The maximum atomic E-state index is 12.8. The smallest absolute Gasteiger partial charge is 0.416 e. The van der Waals surface area contributed by atoms with E-state index in [0.29, 0.717) is 12.1 Å². The van der Waals surface area contributed by atoms with E-state index >= 15 is 0 Å². The second kappa shape index (κ2) is 7.99. The third-order valence-corrected chi connectivity index (χ3v) is 6.15. The van der Waals surface area contributed by atoms with Crippen molar-refractivity contribution in [2.45, 2.75) is 30.5 Å². The molecule has 2 aromatic rings. The Morgan fingerprint density at radius 1 is 1.24 bits per heavy atom. The van der Waals surface area contributed by atoms with E-state index in [1.54, 1.807) is 0 Å². The molecule has 0 unspecified atom stereocenters. The van der Waals surface area contributed by atoms with Crippen molar-refractivity contribution >= 4 is 21.6 Å². The van der Waals surface area contributed by atoms with Crippen LogP contribution >= 0.6 is 0 Å². The SMILES string of the molecule is CC(=O)Nc1ccc(S(=O)(=O)N2CC[C@@H](Oc3cc(C(F)(F)F)ccn3)C2)cc1. The summed E-state index contributed by atoms with van der Waals surface area (Å²) >= 11 is 0. The van der Waals surface area contributed by atoms with Crippen LogP contribution in [0.25, 0.3) is 0 Å². The van der Waals surface area contributed by atoms with E-state index in [1.807, 2.05) is 0 Å². The van der Waals surface area contributed by atoms with Crippen LogP contribution in [0.3, 0.4) is 0 Å². The van der Waals surface area contributed by atoms with Crippen molar-refractivity contribution in [2.75, 3.05) is 18.4 Å². The largest absolute Gasteiger partial charge is 0.473 e. The van der Waals surface area contributed by atoms with E-state index in [9.17, 15) is 26.4 Å². The highest BCUT2D eigenvalue weighted by Gasteiger charge is 2.35. The molecule has 1 amide bonds. The van der Waals surface area contributed by atoms with Gasteiger partial charge >= 0.3 is 6.18 Å². The lowest BCUT2D eigenvalue weighted by atomic mass is 10.2. The lowest BCUT2D eigenvalue weighted by Crippen LogP contribution is -2.31. The Kier molecular flexibility index (Phi) is 5.80. The molecule has 0 spiro atoms. The first-order valence-electron chi connectivity index (χ1n) is 8.63. The van der Waals surface area contributed by atoms with Gasteiger partial charge in [-0.25, -0.2) is 13.4 Å². The van der Waals surface area contributed by atoms with Crippen molar-refractivity contribution in [2.24, 2.45) is 0 Å². The average molecular weight is 429 g/mol. The van der Waals surface area contributed by atoms with Crippen molar-refractivity contribution in [3.05, 3.63) is 48.2 Å². The Hall–Kier alpha value is -2.66. The minimum absolute atomic E-state index is 0.00624. The second-order valence-corrected chi connectivity index (χ2v) is 8.42. The summed E-state index contributed by atoms with van der Waals surface area (Å²) < 4.78 is 70.6. The lowest BCUT2D eigenvalue weighted by Gasteiger charge is -2.17. The Balaban J connectivity index is 1.68. The number of halogens is 3. The number of ether oxygens (including phenoxy) is 1. The number of pyridine rings is 1. The van der Waals surface area contributed by atoms with Gasteiger partial charge in [-0.15, -0.1) is 0 Å². The van der Waals surface area contributed by atoms with Crippen LogP contribution < -0.4 is 10.1 Å². The Morgan fingerprint density at radius 3 is 2.55 bits per heavy atom. The van der Waals surface area contributed by atoms with Crippen LogP contribution in [0.5, 0.6) is 5.88 Å². The summed E-state index contributed by atoms with van der Waals surface area (Å²) in [5, 5.41) is 2.55. The summed E-state index contributed by atoms with van der Waals surface area (Å²) in [5.41, 5.74) is -0.418. The number of benzene rings is 1. The third-order valence-electron chi connectivity index (χ3n) is 4.27. The van der Waals surface area contributed by atoms with Gasteiger partial charge < -0.3 is 10.1 Å². The van der Waals surface area contributed by atoms with Crippen LogP contribution in [0.4, 0.5) is 18.9 Å². The van der Waals surface area contributed by atoms with Crippen molar-refractivity contribution in [1.82, 2.24) is 9.29 Å². The Morgan fingerprint density at radius 2 is 1.93 bits per heavy atom. The third kappa shape index (κ3) is 5.04. The van der Waals surface area contributed by atoms with Crippen molar-refractivity contribution < 1.29 is 31.1 Å². The van der Waals surface area contributed by atoms with Crippen LogP contribution in [0, 0.1) is 0 Å². The number of hydrogen-bond donors (Lipinski definition) is 1. The molecule has 7 nitrogen and oxygen atoms in total. The molecule has 0 aliphatic carbocycles. The van der Waals surface area contributed by atoms with E-state index in [4.69, 9.17) is 4.74 Å². The summed E-state index contributed by atoms with van der Waals surface area (Å²) in [5.74, 6) is -0.480. The quantitative estimate of drug-likeness (QED) is 0.790. The van der Waals surface area contributed by atoms with E-state index in [1.165, 1.54) is 35.5 Å². The molecule has 0 radical (unpaired) electrons. The van der Waals surface area contributed by atoms with Gasteiger partial charge in [0.1, 0.15) is 6.10 Å². The Bertz CT molecular complexity index is 994. The molecule has 1 N–H and O–H groups in total. The van der Waals surface area contributed by atoms with Gasteiger partial charge in [0.2, 0.25) is 21.8 Å². The minimum atomic E-state index is -4.52. The summed E-state index contributed by atoms with van der Waals surface area (Å²) in [7, 11) is -3.80. The molecule has 1 aromatic carbocycles. The molecule has 156 valence electrons. The predicted octanol–water partition coefficient (Wildman–Crippen LogP) is 2.90. The highest BCUT2D eigenvalue weighted by Crippen LogP contribution is 2.31. The van der Waals surface area contributed by atoms with Gasteiger partial charge in [0.25, 0.3) is 0 Å². The highest BCUT2D eigenvalue weighted by atomic mass is 32.2. The van der Waals surface area contributed by atoms with Crippen LogP contribution in [0.2, 0.25) is 0 Å². The highest BCUT2D eigenvalue weighted by molar-refractivity contribution is 7.89. The standard InChI is InChI=1S/C18H18F3N3O4S/c1-12(25)23-14-2-4-16(5-3-14)29(26,27)24-9-7-15(11-24)28-17-10-13(6-8-22-17)18(19,20)21/h2-6,8,10,15H,7,9,11H2,1H3,(H,23,25)/t15-/m1/s1. The predicted molar refractivity (Wildman–Crippen MR) is 97.8 cm³/mol. The number of nitrogens with one attached hydrogen (secondary N) is 1. The molecule has 1 atom stereocenters. The minimum Gasteiger partial charge on any atom is -0.473 e. The second-order valence-electron chi connectivity index (χ2n) is 6.48. The number of nitrogens with zero attached hydrogens (tertiary/aromatic N) is 2. The molecule has 1 fully saturated rings. The van der Waals surface area contributed by atoms with Gasteiger partial charge in [-0.05, 0) is 36.8 Å². The number of aromatic nitrogens is 1. The normalized spacial score (nSPS) is 17.9. The summed E-state index contributed by atoms with van der Waals surface area (Å²) in [6.07, 6.45) is -3.81.